The Morgan fingerprint density at radius 2 is 1.87 bits per heavy atom. The van der Waals surface area contributed by atoms with Gasteiger partial charge in [-0.25, -0.2) is 0 Å². The summed E-state index contributed by atoms with van der Waals surface area (Å²) in [4.78, 5) is 0. The van der Waals surface area contributed by atoms with Crippen LogP contribution in [0.4, 0.5) is 0 Å². The van der Waals surface area contributed by atoms with Crippen LogP contribution in [0.25, 0.3) is 0 Å². The third-order valence-electron chi connectivity index (χ3n) is 2.51. The minimum absolute atomic E-state index is 0.244. The molecule has 1 aromatic carbocycles. The first-order valence-corrected chi connectivity index (χ1v) is 5.72. The highest BCUT2D eigenvalue weighted by molar-refractivity contribution is 5.28. The molecule has 0 aliphatic carbocycles. The fraction of sp³-hybridized carbons (Fsp3) is 0.571. The van der Waals surface area contributed by atoms with Gasteiger partial charge in [0, 0.05) is 12.6 Å². The van der Waals surface area contributed by atoms with Gasteiger partial charge in [-0.15, -0.1) is 0 Å². The highest BCUT2D eigenvalue weighted by atomic mass is 14.9. The lowest BCUT2D eigenvalue weighted by Gasteiger charge is -2.20. The standard InChI is InChI=1S/C14H23N/c1-11(2)15-10-12-7-6-8-13(9-12)14(3,4)5/h6-9,11,15H,10H2,1-5H3. The van der Waals surface area contributed by atoms with Crippen molar-refractivity contribution >= 4 is 0 Å². The van der Waals surface area contributed by atoms with Gasteiger partial charge in [0.1, 0.15) is 0 Å². The molecule has 84 valence electrons. The zero-order valence-corrected chi connectivity index (χ0v) is 10.6. The Morgan fingerprint density at radius 1 is 1.20 bits per heavy atom. The van der Waals surface area contributed by atoms with Crippen LogP contribution in [-0.2, 0) is 12.0 Å². The van der Waals surface area contributed by atoms with Crippen molar-refractivity contribution < 1.29 is 0 Å². The molecule has 0 amide bonds. The first-order chi connectivity index (χ1) is 6.89. The number of hydrogen-bond donors (Lipinski definition) is 1. The van der Waals surface area contributed by atoms with E-state index in [2.05, 4.69) is 64.2 Å². The summed E-state index contributed by atoms with van der Waals surface area (Å²) in [7, 11) is 0. The fourth-order valence-corrected chi connectivity index (χ4v) is 1.47. The predicted molar refractivity (Wildman–Crippen MR) is 67.1 cm³/mol. The van der Waals surface area contributed by atoms with Crippen molar-refractivity contribution in [1.82, 2.24) is 5.32 Å². The monoisotopic (exact) mass is 205 g/mol. The van der Waals surface area contributed by atoms with Crippen LogP contribution in [0.3, 0.4) is 0 Å². The van der Waals surface area contributed by atoms with Crippen molar-refractivity contribution in [2.45, 2.75) is 52.6 Å². The Bertz CT molecular complexity index is 307. The van der Waals surface area contributed by atoms with Crippen LogP contribution in [0, 0.1) is 0 Å². The Kier molecular flexibility index (Phi) is 3.92. The number of hydrogen-bond acceptors (Lipinski definition) is 1. The van der Waals surface area contributed by atoms with Crippen molar-refractivity contribution in [2.24, 2.45) is 0 Å². The minimum Gasteiger partial charge on any atom is -0.310 e. The molecule has 0 saturated carbocycles. The second kappa shape index (κ2) is 4.80. The van der Waals surface area contributed by atoms with Crippen molar-refractivity contribution in [1.29, 1.82) is 0 Å². The van der Waals surface area contributed by atoms with Crippen molar-refractivity contribution in [3.05, 3.63) is 35.4 Å². The lowest BCUT2D eigenvalue weighted by molar-refractivity contribution is 0.577. The second-order valence-electron chi connectivity index (χ2n) is 5.49. The normalized spacial score (nSPS) is 12.1. The van der Waals surface area contributed by atoms with E-state index in [9.17, 15) is 0 Å². The van der Waals surface area contributed by atoms with Crippen LogP contribution >= 0.6 is 0 Å². The van der Waals surface area contributed by atoms with Crippen LogP contribution < -0.4 is 5.32 Å². The molecule has 1 N–H and O–H groups in total. The second-order valence-corrected chi connectivity index (χ2v) is 5.49. The lowest BCUT2D eigenvalue weighted by Crippen LogP contribution is -2.22. The van der Waals surface area contributed by atoms with Crippen LogP contribution in [-0.4, -0.2) is 6.04 Å². The van der Waals surface area contributed by atoms with Gasteiger partial charge in [-0.1, -0.05) is 58.9 Å². The van der Waals surface area contributed by atoms with Crippen LogP contribution in [0.5, 0.6) is 0 Å². The first kappa shape index (κ1) is 12.3. The molecule has 0 heterocycles. The van der Waals surface area contributed by atoms with E-state index in [-0.39, 0.29) is 5.41 Å². The van der Waals surface area contributed by atoms with Gasteiger partial charge in [-0.3, -0.25) is 0 Å². The zero-order valence-electron chi connectivity index (χ0n) is 10.6. The summed E-state index contributed by atoms with van der Waals surface area (Å²) in [5, 5.41) is 3.44. The molecule has 0 radical (unpaired) electrons. The Labute approximate surface area is 93.9 Å². The summed E-state index contributed by atoms with van der Waals surface area (Å²) in [5.41, 5.74) is 3.02. The van der Waals surface area contributed by atoms with E-state index in [4.69, 9.17) is 0 Å². The molecule has 0 spiro atoms. The van der Waals surface area contributed by atoms with Crippen LogP contribution in [0.15, 0.2) is 24.3 Å². The molecule has 0 unspecified atom stereocenters. The molecule has 0 aliphatic heterocycles. The summed E-state index contributed by atoms with van der Waals surface area (Å²) < 4.78 is 0. The first-order valence-electron chi connectivity index (χ1n) is 5.72. The molecular weight excluding hydrogens is 182 g/mol. The molecule has 0 bridgehead atoms. The van der Waals surface area contributed by atoms with Gasteiger partial charge < -0.3 is 5.32 Å². The largest absolute Gasteiger partial charge is 0.310 e. The van der Waals surface area contributed by atoms with E-state index in [1.807, 2.05) is 0 Å². The molecule has 0 aromatic heterocycles. The number of benzene rings is 1. The SMILES string of the molecule is CC(C)NCc1cccc(C(C)(C)C)c1. The van der Waals surface area contributed by atoms with Crippen LogP contribution in [0.2, 0.25) is 0 Å². The summed E-state index contributed by atoms with van der Waals surface area (Å²) >= 11 is 0. The van der Waals surface area contributed by atoms with E-state index in [1.165, 1.54) is 11.1 Å². The molecule has 1 nitrogen and oxygen atoms in total. The van der Waals surface area contributed by atoms with Gasteiger partial charge in [0.15, 0.2) is 0 Å². The fourth-order valence-electron chi connectivity index (χ4n) is 1.47. The Balaban J connectivity index is 2.75. The van der Waals surface area contributed by atoms with E-state index in [0.29, 0.717) is 6.04 Å². The van der Waals surface area contributed by atoms with Gasteiger partial charge >= 0.3 is 0 Å². The quantitative estimate of drug-likeness (QED) is 0.796. The maximum Gasteiger partial charge on any atom is 0.0207 e. The minimum atomic E-state index is 0.244. The van der Waals surface area contributed by atoms with Crippen molar-refractivity contribution in [3.8, 4) is 0 Å². The van der Waals surface area contributed by atoms with E-state index < -0.39 is 0 Å². The summed E-state index contributed by atoms with van der Waals surface area (Å²) in [6, 6.07) is 9.39. The zero-order chi connectivity index (χ0) is 11.5. The topological polar surface area (TPSA) is 12.0 Å². The maximum absolute atomic E-state index is 3.44. The van der Waals surface area contributed by atoms with Crippen molar-refractivity contribution in [3.63, 3.8) is 0 Å². The van der Waals surface area contributed by atoms with Gasteiger partial charge in [-0.2, -0.15) is 0 Å². The maximum atomic E-state index is 3.44. The summed E-state index contributed by atoms with van der Waals surface area (Å²) in [6.07, 6.45) is 0. The van der Waals surface area contributed by atoms with Crippen LogP contribution in [0.1, 0.15) is 45.7 Å². The molecule has 1 aromatic rings. The van der Waals surface area contributed by atoms with Gasteiger partial charge in [-0.05, 0) is 16.5 Å². The molecule has 1 rings (SSSR count). The molecular formula is C14H23N. The van der Waals surface area contributed by atoms with Gasteiger partial charge in [0.25, 0.3) is 0 Å². The van der Waals surface area contributed by atoms with Gasteiger partial charge in [0.05, 0.1) is 0 Å². The smallest absolute Gasteiger partial charge is 0.0207 e. The van der Waals surface area contributed by atoms with E-state index in [0.717, 1.165) is 6.54 Å². The number of nitrogens with one attached hydrogen (secondary N) is 1. The van der Waals surface area contributed by atoms with E-state index >= 15 is 0 Å². The Hall–Kier alpha value is -0.820. The molecule has 0 aliphatic rings. The molecule has 15 heavy (non-hydrogen) atoms. The third-order valence-corrected chi connectivity index (χ3v) is 2.51. The lowest BCUT2D eigenvalue weighted by atomic mass is 9.86. The summed E-state index contributed by atoms with van der Waals surface area (Å²) in [5.74, 6) is 0. The molecule has 0 atom stereocenters. The van der Waals surface area contributed by atoms with Crippen molar-refractivity contribution in [2.75, 3.05) is 0 Å². The molecule has 0 fully saturated rings. The van der Waals surface area contributed by atoms with Gasteiger partial charge in [0.2, 0.25) is 0 Å². The average molecular weight is 205 g/mol. The third kappa shape index (κ3) is 4.05. The average Bonchev–Trinajstić information content (AvgIpc) is 2.14. The highest BCUT2D eigenvalue weighted by Crippen LogP contribution is 2.22. The number of rotatable bonds is 3. The molecule has 1 heteroatoms. The Morgan fingerprint density at radius 3 is 2.40 bits per heavy atom. The van der Waals surface area contributed by atoms with E-state index in [1.54, 1.807) is 0 Å². The highest BCUT2D eigenvalue weighted by Gasteiger charge is 2.13. The summed E-state index contributed by atoms with van der Waals surface area (Å²) in [6.45, 7) is 12.1. The molecule has 0 saturated heterocycles. The predicted octanol–water partition coefficient (Wildman–Crippen LogP) is 3.48.